The lowest BCUT2D eigenvalue weighted by molar-refractivity contribution is 0.141. The average Bonchev–Trinajstić information content (AvgIpc) is 2.18. The molecule has 1 rings (SSSR count). The molecule has 1 aliphatic rings. The van der Waals surface area contributed by atoms with Crippen LogP contribution in [0.15, 0.2) is 0 Å². The Bertz CT molecular complexity index is 182. The van der Waals surface area contributed by atoms with Gasteiger partial charge in [0.15, 0.2) is 0 Å². The second-order valence-electron chi connectivity index (χ2n) is 5.35. The number of nitrogens with one attached hydrogen (secondary N) is 1. The van der Waals surface area contributed by atoms with Gasteiger partial charge in [0.1, 0.15) is 0 Å². The molecular formula is C12H26N2S. The number of nitrogens with zero attached hydrogens (tertiary/aromatic N) is 1. The van der Waals surface area contributed by atoms with Gasteiger partial charge in [-0.2, -0.15) is 11.8 Å². The van der Waals surface area contributed by atoms with Crippen molar-refractivity contribution in [1.82, 2.24) is 10.2 Å². The Kier molecular flexibility index (Phi) is 5.44. The highest BCUT2D eigenvalue weighted by atomic mass is 32.2. The Hall–Kier alpha value is 0.270. The van der Waals surface area contributed by atoms with Gasteiger partial charge in [0.05, 0.1) is 0 Å². The molecule has 0 aliphatic carbocycles. The van der Waals surface area contributed by atoms with Gasteiger partial charge < -0.3 is 10.2 Å². The van der Waals surface area contributed by atoms with Crippen molar-refractivity contribution in [3.8, 4) is 0 Å². The van der Waals surface area contributed by atoms with Crippen LogP contribution >= 0.6 is 11.8 Å². The molecule has 1 atom stereocenters. The molecule has 0 amide bonds. The van der Waals surface area contributed by atoms with Crippen molar-refractivity contribution >= 4 is 11.8 Å². The highest BCUT2D eigenvalue weighted by molar-refractivity contribution is 7.98. The Balaban J connectivity index is 2.34. The maximum Gasteiger partial charge on any atom is 0.0245 e. The lowest BCUT2D eigenvalue weighted by Gasteiger charge is -2.41. The van der Waals surface area contributed by atoms with E-state index in [1.807, 2.05) is 11.8 Å². The van der Waals surface area contributed by atoms with Crippen molar-refractivity contribution in [3.05, 3.63) is 0 Å². The van der Waals surface area contributed by atoms with E-state index in [-0.39, 0.29) is 0 Å². The second kappa shape index (κ2) is 6.12. The molecule has 0 saturated carbocycles. The van der Waals surface area contributed by atoms with Crippen molar-refractivity contribution < 1.29 is 0 Å². The summed E-state index contributed by atoms with van der Waals surface area (Å²) in [7, 11) is 2.24. The van der Waals surface area contributed by atoms with Crippen LogP contribution in [-0.4, -0.2) is 49.6 Å². The lowest BCUT2D eigenvalue weighted by atomic mass is 9.77. The monoisotopic (exact) mass is 230 g/mol. The minimum Gasteiger partial charge on any atom is -0.312 e. The van der Waals surface area contributed by atoms with Crippen molar-refractivity contribution in [2.45, 2.75) is 32.7 Å². The molecular weight excluding hydrogens is 204 g/mol. The molecule has 0 radical (unpaired) electrons. The maximum absolute atomic E-state index is 3.67. The van der Waals surface area contributed by atoms with Gasteiger partial charge in [-0.3, -0.25) is 0 Å². The van der Waals surface area contributed by atoms with Crippen LogP contribution in [0, 0.1) is 5.41 Å². The summed E-state index contributed by atoms with van der Waals surface area (Å²) >= 11 is 1.93. The fourth-order valence-corrected chi connectivity index (χ4v) is 2.73. The first-order chi connectivity index (χ1) is 7.06. The average molecular weight is 230 g/mol. The van der Waals surface area contributed by atoms with Gasteiger partial charge in [0.25, 0.3) is 0 Å². The van der Waals surface area contributed by atoms with Gasteiger partial charge in [0.2, 0.25) is 0 Å². The zero-order chi connectivity index (χ0) is 11.3. The van der Waals surface area contributed by atoms with Crippen molar-refractivity contribution in [1.29, 1.82) is 0 Å². The Morgan fingerprint density at radius 3 is 2.80 bits per heavy atom. The zero-order valence-corrected chi connectivity index (χ0v) is 11.5. The summed E-state index contributed by atoms with van der Waals surface area (Å²) in [5.41, 5.74) is 0.464. The number of hydrogen-bond acceptors (Lipinski definition) is 3. The van der Waals surface area contributed by atoms with Crippen LogP contribution in [0.1, 0.15) is 26.7 Å². The standard InChI is InChI=1S/C12H26N2S/c1-12(2)6-5-7-13-11(12)10-14(3)8-9-15-4/h11,13H,5-10H2,1-4H3. The fraction of sp³-hybridized carbons (Fsp3) is 1.00. The summed E-state index contributed by atoms with van der Waals surface area (Å²) in [4.78, 5) is 2.46. The van der Waals surface area contributed by atoms with E-state index in [1.54, 1.807) is 0 Å². The first kappa shape index (κ1) is 13.3. The van der Waals surface area contributed by atoms with Crippen LogP contribution in [0.4, 0.5) is 0 Å². The molecule has 15 heavy (non-hydrogen) atoms. The van der Waals surface area contributed by atoms with Crippen molar-refractivity contribution in [3.63, 3.8) is 0 Å². The SMILES string of the molecule is CSCCN(C)CC1NCCCC1(C)C. The maximum atomic E-state index is 3.67. The third-order valence-electron chi connectivity index (χ3n) is 3.50. The quantitative estimate of drug-likeness (QED) is 0.778. The van der Waals surface area contributed by atoms with E-state index < -0.39 is 0 Å². The second-order valence-corrected chi connectivity index (χ2v) is 6.34. The molecule has 0 spiro atoms. The molecule has 0 aromatic heterocycles. The van der Waals surface area contributed by atoms with Gasteiger partial charge in [-0.25, -0.2) is 0 Å². The first-order valence-electron chi connectivity index (χ1n) is 5.97. The molecule has 1 heterocycles. The number of thioether (sulfide) groups is 1. The molecule has 0 aromatic carbocycles. The Labute approximate surface area is 99.2 Å². The summed E-state index contributed by atoms with van der Waals surface area (Å²) in [6, 6.07) is 0.665. The van der Waals surface area contributed by atoms with E-state index in [0.29, 0.717) is 11.5 Å². The molecule has 1 N–H and O–H groups in total. The molecule has 1 unspecified atom stereocenters. The van der Waals surface area contributed by atoms with E-state index in [9.17, 15) is 0 Å². The van der Waals surface area contributed by atoms with Crippen LogP contribution < -0.4 is 5.32 Å². The molecule has 1 aliphatic heterocycles. The van der Waals surface area contributed by atoms with E-state index >= 15 is 0 Å². The largest absolute Gasteiger partial charge is 0.312 e. The van der Waals surface area contributed by atoms with E-state index in [2.05, 4.69) is 37.4 Å². The Morgan fingerprint density at radius 1 is 1.47 bits per heavy atom. The van der Waals surface area contributed by atoms with Gasteiger partial charge in [-0.05, 0) is 38.1 Å². The van der Waals surface area contributed by atoms with Crippen molar-refractivity contribution in [2.24, 2.45) is 5.41 Å². The number of piperidine rings is 1. The molecule has 1 fully saturated rings. The normalized spacial score (nSPS) is 25.8. The van der Waals surface area contributed by atoms with Crippen LogP contribution in [0.5, 0.6) is 0 Å². The molecule has 1 saturated heterocycles. The van der Waals surface area contributed by atoms with E-state index in [0.717, 1.165) is 0 Å². The number of hydrogen-bond donors (Lipinski definition) is 1. The van der Waals surface area contributed by atoms with E-state index in [4.69, 9.17) is 0 Å². The third kappa shape index (κ3) is 4.33. The molecule has 2 nitrogen and oxygen atoms in total. The number of likely N-dealkylation sites (N-methyl/N-ethyl adjacent to an activating group) is 1. The van der Waals surface area contributed by atoms with Crippen LogP contribution in [0.2, 0.25) is 0 Å². The minimum absolute atomic E-state index is 0.464. The molecule has 90 valence electrons. The smallest absolute Gasteiger partial charge is 0.0245 e. The summed E-state index contributed by atoms with van der Waals surface area (Å²) in [6.45, 7) is 8.38. The topological polar surface area (TPSA) is 15.3 Å². The van der Waals surface area contributed by atoms with Gasteiger partial charge in [-0.15, -0.1) is 0 Å². The summed E-state index contributed by atoms with van der Waals surface area (Å²) < 4.78 is 0. The van der Waals surface area contributed by atoms with Gasteiger partial charge in [-0.1, -0.05) is 13.8 Å². The first-order valence-corrected chi connectivity index (χ1v) is 7.36. The lowest BCUT2D eigenvalue weighted by Crippen LogP contribution is -2.52. The summed E-state index contributed by atoms with van der Waals surface area (Å²) in [5, 5.41) is 3.67. The number of rotatable bonds is 5. The van der Waals surface area contributed by atoms with Crippen LogP contribution in [0.3, 0.4) is 0 Å². The molecule has 0 bridgehead atoms. The predicted octanol–water partition coefficient (Wildman–Crippen LogP) is 2.06. The van der Waals surface area contributed by atoms with E-state index in [1.165, 1.54) is 38.2 Å². The highest BCUT2D eigenvalue weighted by Gasteiger charge is 2.32. The zero-order valence-electron chi connectivity index (χ0n) is 10.7. The highest BCUT2D eigenvalue weighted by Crippen LogP contribution is 2.30. The Morgan fingerprint density at radius 2 is 2.20 bits per heavy atom. The van der Waals surface area contributed by atoms with Crippen LogP contribution in [0.25, 0.3) is 0 Å². The molecule has 3 heteroatoms. The van der Waals surface area contributed by atoms with Gasteiger partial charge >= 0.3 is 0 Å². The van der Waals surface area contributed by atoms with Crippen molar-refractivity contribution in [2.75, 3.05) is 38.7 Å². The molecule has 0 aromatic rings. The van der Waals surface area contributed by atoms with Gasteiger partial charge in [0, 0.05) is 24.9 Å². The predicted molar refractivity (Wildman–Crippen MR) is 70.7 cm³/mol. The summed E-state index contributed by atoms with van der Waals surface area (Å²) in [5.74, 6) is 1.24. The summed E-state index contributed by atoms with van der Waals surface area (Å²) in [6.07, 6.45) is 4.87. The third-order valence-corrected chi connectivity index (χ3v) is 4.09. The van der Waals surface area contributed by atoms with Crippen LogP contribution in [-0.2, 0) is 0 Å². The minimum atomic E-state index is 0.464. The fourth-order valence-electron chi connectivity index (χ4n) is 2.23.